The van der Waals surface area contributed by atoms with Crippen molar-refractivity contribution in [2.24, 2.45) is 0 Å². The van der Waals surface area contributed by atoms with Crippen LogP contribution in [-0.2, 0) is 13.1 Å². The third kappa shape index (κ3) is 3.07. The molecular formula is C13H22N4. The van der Waals surface area contributed by atoms with Crippen molar-refractivity contribution < 1.29 is 0 Å². The van der Waals surface area contributed by atoms with E-state index in [1.165, 1.54) is 31.4 Å². The van der Waals surface area contributed by atoms with Gasteiger partial charge in [-0.25, -0.2) is 4.98 Å². The van der Waals surface area contributed by atoms with Gasteiger partial charge in [0.2, 0.25) is 0 Å². The van der Waals surface area contributed by atoms with Crippen LogP contribution in [0.2, 0.25) is 0 Å². The summed E-state index contributed by atoms with van der Waals surface area (Å²) in [6, 6.07) is 1.62. The van der Waals surface area contributed by atoms with Crippen LogP contribution in [0, 0.1) is 0 Å². The Bertz CT molecular complexity index is 365. The summed E-state index contributed by atoms with van der Waals surface area (Å²) in [5.74, 6) is 0. The smallest absolute Gasteiger partial charge is 0.0949 e. The molecule has 0 saturated heterocycles. The normalized spacial score (nSPS) is 20.1. The molecule has 3 rings (SSSR count). The molecule has 94 valence electrons. The highest BCUT2D eigenvalue weighted by molar-refractivity contribution is 4.99. The molecule has 1 heterocycles. The molecule has 17 heavy (non-hydrogen) atoms. The predicted octanol–water partition coefficient (Wildman–Crippen LogP) is 1.23. The first-order chi connectivity index (χ1) is 8.33. The van der Waals surface area contributed by atoms with Gasteiger partial charge in [0.1, 0.15) is 0 Å². The van der Waals surface area contributed by atoms with E-state index in [1.807, 2.05) is 12.5 Å². The number of rotatable bonds is 7. The summed E-state index contributed by atoms with van der Waals surface area (Å²) in [4.78, 5) is 6.73. The van der Waals surface area contributed by atoms with Gasteiger partial charge in [-0.15, -0.1) is 0 Å². The number of aromatic nitrogens is 2. The lowest BCUT2D eigenvalue weighted by Gasteiger charge is -2.17. The fourth-order valence-electron chi connectivity index (χ4n) is 2.20. The standard InChI is InChI=1S/C13H22N4/c1-16(12-4-5-12)6-7-17-10-14-8-13(17)9-15-11-2-3-11/h8,10-12,15H,2-7,9H2,1H3. The molecule has 0 amide bonds. The number of hydrogen-bond acceptors (Lipinski definition) is 3. The van der Waals surface area contributed by atoms with E-state index in [-0.39, 0.29) is 0 Å². The Balaban J connectivity index is 1.48. The lowest BCUT2D eigenvalue weighted by molar-refractivity contribution is 0.307. The second-order valence-corrected chi connectivity index (χ2v) is 5.45. The second kappa shape index (κ2) is 4.78. The van der Waals surface area contributed by atoms with Crippen molar-refractivity contribution in [3.05, 3.63) is 18.2 Å². The third-order valence-corrected chi connectivity index (χ3v) is 3.81. The van der Waals surface area contributed by atoms with Gasteiger partial charge in [-0.1, -0.05) is 0 Å². The van der Waals surface area contributed by atoms with Crippen molar-refractivity contribution in [2.75, 3.05) is 13.6 Å². The largest absolute Gasteiger partial charge is 0.332 e. The molecule has 2 saturated carbocycles. The van der Waals surface area contributed by atoms with E-state index in [2.05, 4.69) is 26.8 Å². The molecule has 0 spiro atoms. The molecule has 0 aliphatic heterocycles. The fraction of sp³-hybridized carbons (Fsp3) is 0.769. The van der Waals surface area contributed by atoms with E-state index in [0.29, 0.717) is 0 Å². The van der Waals surface area contributed by atoms with Crippen LogP contribution >= 0.6 is 0 Å². The van der Waals surface area contributed by atoms with Gasteiger partial charge in [0, 0.05) is 37.9 Å². The van der Waals surface area contributed by atoms with Gasteiger partial charge < -0.3 is 14.8 Å². The molecule has 4 nitrogen and oxygen atoms in total. The summed E-state index contributed by atoms with van der Waals surface area (Å²) in [6.45, 7) is 3.17. The third-order valence-electron chi connectivity index (χ3n) is 3.81. The number of nitrogens with zero attached hydrogens (tertiary/aromatic N) is 3. The van der Waals surface area contributed by atoms with Crippen LogP contribution < -0.4 is 5.32 Å². The van der Waals surface area contributed by atoms with Crippen molar-refractivity contribution in [3.63, 3.8) is 0 Å². The van der Waals surface area contributed by atoms with Gasteiger partial charge in [0.25, 0.3) is 0 Å². The molecule has 0 bridgehead atoms. The Labute approximate surface area is 103 Å². The number of nitrogens with one attached hydrogen (secondary N) is 1. The lowest BCUT2D eigenvalue weighted by Crippen LogP contribution is -2.26. The molecule has 2 aliphatic rings. The Hall–Kier alpha value is -0.870. The first-order valence-electron chi connectivity index (χ1n) is 6.75. The first kappa shape index (κ1) is 11.2. The zero-order valence-corrected chi connectivity index (χ0v) is 10.6. The topological polar surface area (TPSA) is 33.1 Å². The van der Waals surface area contributed by atoms with E-state index in [9.17, 15) is 0 Å². The Morgan fingerprint density at radius 1 is 1.41 bits per heavy atom. The summed E-state index contributed by atoms with van der Waals surface area (Å²) in [5.41, 5.74) is 1.32. The fourth-order valence-corrected chi connectivity index (χ4v) is 2.20. The Kier molecular flexibility index (Phi) is 3.16. The molecule has 1 aromatic heterocycles. The van der Waals surface area contributed by atoms with Crippen molar-refractivity contribution in [2.45, 2.75) is 50.9 Å². The molecule has 1 aromatic rings. The molecule has 0 atom stereocenters. The minimum atomic E-state index is 0.771. The van der Waals surface area contributed by atoms with Gasteiger partial charge in [0.15, 0.2) is 0 Å². The zero-order valence-electron chi connectivity index (χ0n) is 10.6. The average molecular weight is 234 g/mol. The minimum absolute atomic E-state index is 0.771. The number of likely N-dealkylation sites (N-methyl/N-ethyl adjacent to an activating group) is 1. The predicted molar refractivity (Wildman–Crippen MR) is 67.7 cm³/mol. The number of imidazole rings is 1. The SMILES string of the molecule is CN(CCn1cncc1CNC1CC1)C1CC1. The maximum atomic E-state index is 4.26. The van der Waals surface area contributed by atoms with E-state index in [4.69, 9.17) is 0 Å². The number of hydrogen-bond donors (Lipinski definition) is 1. The highest BCUT2D eigenvalue weighted by Gasteiger charge is 2.25. The van der Waals surface area contributed by atoms with Crippen LogP contribution in [-0.4, -0.2) is 40.1 Å². The van der Waals surface area contributed by atoms with Crippen LogP contribution in [0.3, 0.4) is 0 Å². The summed E-state index contributed by atoms with van der Waals surface area (Å²) in [6.07, 6.45) is 9.42. The lowest BCUT2D eigenvalue weighted by atomic mass is 10.4. The minimum Gasteiger partial charge on any atom is -0.332 e. The van der Waals surface area contributed by atoms with Gasteiger partial charge in [-0.05, 0) is 32.7 Å². The molecular weight excluding hydrogens is 212 g/mol. The molecule has 0 unspecified atom stereocenters. The van der Waals surface area contributed by atoms with Crippen LogP contribution in [0.1, 0.15) is 31.4 Å². The van der Waals surface area contributed by atoms with E-state index in [1.54, 1.807) is 0 Å². The molecule has 2 fully saturated rings. The Morgan fingerprint density at radius 3 is 2.94 bits per heavy atom. The van der Waals surface area contributed by atoms with Crippen LogP contribution in [0.25, 0.3) is 0 Å². The maximum absolute atomic E-state index is 4.26. The summed E-state index contributed by atoms with van der Waals surface area (Å²) in [5, 5.41) is 3.55. The molecule has 0 aromatic carbocycles. The van der Waals surface area contributed by atoms with E-state index >= 15 is 0 Å². The highest BCUT2D eigenvalue weighted by atomic mass is 15.2. The highest BCUT2D eigenvalue weighted by Crippen LogP contribution is 2.25. The summed E-state index contributed by atoms with van der Waals surface area (Å²) in [7, 11) is 2.23. The average Bonchev–Trinajstić information content (AvgIpc) is 3.22. The van der Waals surface area contributed by atoms with Crippen molar-refractivity contribution in [1.29, 1.82) is 0 Å². The molecule has 0 radical (unpaired) electrons. The molecule has 2 aliphatic carbocycles. The van der Waals surface area contributed by atoms with Gasteiger partial charge in [0.05, 0.1) is 12.0 Å². The van der Waals surface area contributed by atoms with Crippen molar-refractivity contribution in [1.82, 2.24) is 19.8 Å². The van der Waals surface area contributed by atoms with Crippen LogP contribution in [0.4, 0.5) is 0 Å². The van der Waals surface area contributed by atoms with Gasteiger partial charge >= 0.3 is 0 Å². The molecule has 1 N–H and O–H groups in total. The van der Waals surface area contributed by atoms with Crippen LogP contribution in [0.15, 0.2) is 12.5 Å². The summed E-state index contributed by atoms with van der Waals surface area (Å²) < 4.78 is 2.29. The molecule has 4 heteroatoms. The van der Waals surface area contributed by atoms with Gasteiger partial charge in [-0.3, -0.25) is 0 Å². The second-order valence-electron chi connectivity index (χ2n) is 5.45. The zero-order chi connectivity index (χ0) is 11.7. The first-order valence-corrected chi connectivity index (χ1v) is 6.75. The maximum Gasteiger partial charge on any atom is 0.0949 e. The quantitative estimate of drug-likeness (QED) is 0.770. The monoisotopic (exact) mass is 234 g/mol. The van der Waals surface area contributed by atoms with E-state index in [0.717, 1.165) is 31.7 Å². The Morgan fingerprint density at radius 2 is 2.24 bits per heavy atom. The van der Waals surface area contributed by atoms with Gasteiger partial charge in [-0.2, -0.15) is 0 Å². The summed E-state index contributed by atoms with van der Waals surface area (Å²) >= 11 is 0. The van der Waals surface area contributed by atoms with Crippen LogP contribution in [0.5, 0.6) is 0 Å². The van der Waals surface area contributed by atoms with Crippen molar-refractivity contribution >= 4 is 0 Å². The van der Waals surface area contributed by atoms with Crippen molar-refractivity contribution in [3.8, 4) is 0 Å². The van der Waals surface area contributed by atoms with E-state index < -0.39 is 0 Å².